The number of H-pyrrole nitrogens is 1. The molecule has 122 valence electrons. The Morgan fingerprint density at radius 1 is 1.05 bits per heavy atom. The van der Waals surface area contributed by atoms with Gasteiger partial charge in [0, 0.05) is 23.7 Å². The average molecular weight is 303 g/mol. The first-order valence-electron chi connectivity index (χ1n) is 8.69. The number of aromatic amines is 1. The molecule has 22 heavy (non-hydrogen) atoms. The molecule has 0 aliphatic heterocycles. The number of unbranched alkanes of at least 4 members (excludes halogenated alkanes) is 6. The second kappa shape index (κ2) is 9.52. The number of aromatic nitrogens is 1. The standard InChI is InChI=1S/C19H29NO2/c1-2-3-4-5-6-7-8-14-22-18-11-9-10-17-19(18)16(12-13-21)15-20-17/h9-11,15,20-21H,2-8,12-14H2,1H3. The highest BCUT2D eigenvalue weighted by Gasteiger charge is 2.09. The molecule has 0 fully saturated rings. The van der Waals surface area contributed by atoms with E-state index in [1.807, 2.05) is 18.3 Å². The Bertz CT molecular complexity index is 547. The lowest BCUT2D eigenvalue weighted by atomic mass is 10.1. The molecule has 2 N–H and O–H groups in total. The lowest BCUT2D eigenvalue weighted by Crippen LogP contribution is -1.99. The van der Waals surface area contributed by atoms with Crippen molar-refractivity contribution in [1.29, 1.82) is 0 Å². The van der Waals surface area contributed by atoms with Crippen molar-refractivity contribution in [2.24, 2.45) is 0 Å². The van der Waals surface area contributed by atoms with Crippen molar-refractivity contribution >= 4 is 10.9 Å². The van der Waals surface area contributed by atoms with Gasteiger partial charge in [-0.05, 0) is 30.5 Å². The molecular formula is C19H29NO2. The summed E-state index contributed by atoms with van der Waals surface area (Å²) in [7, 11) is 0. The van der Waals surface area contributed by atoms with Gasteiger partial charge in [-0.3, -0.25) is 0 Å². The van der Waals surface area contributed by atoms with E-state index in [1.165, 1.54) is 38.5 Å². The molecule has 3 heteroatoms. The van der Waals surface area contributed by atoms with Crippen LogP contribution in [0.4, 0.5) is 0 Å². The third kappa shape index (κ3) is 4.77. The molecule has 0 amide bonds. The van der Waals surface area contributed by atoms with Crippen molar-refractivity contribution in [3.63, 3.8) is 0 Å². The van der Waals surface area contributed by atoms with Gasteiger partial charge in [0.15, 0.2) is 0 Å². The molecule has 0 atom stereocenters. The molecule has 0 radical (unpaired) electrons. The lowest BCUT2D eigenvalue weighted by Gasteiger charge is -2.09. The van der Waals surface area contributed by atoms with E-state index in [4.69, 9.17) is 9.84 Å². The van der Waals surface area contributed by atoms with Gasteiger partial charge in [0.25, 0.3) is 0 Å². The van der Waals surface area contributed by atoms with Crippen LogP contribution in [0.5, 0.6) is 5.75 Å². The Morgan fingerprint density at radius 3 is 2.59 bits per heavy atom. The highest BCUT2D eigenvalue weighted by molar-refractivity contribution is 5.89. The van der Waals surface area contributed by atoms with Crippen LogP contribution in [0.2, 0.25) is 0 Å². The van der Waals surface area contributed by atoms with Crippen LogP contribution in [0, 0.1) is 0 Å². The first-order chi connectivity index (χ1) is 10.9. The van der Waals surface area contributed by atoms with E-state index < -0.39 is 0 Å². The molecule has 0 saturated heterocycles. The van der Waals surface area contributed by atoms with Crippen LogP contribution >= 0.6 is 0 Å². The molecule has 0 spiro atoms. The molecule has 0 aliphatic rings. The van der Waals surface area contributed by atoms with Gasteiger partial charge >= 0.3 is 0 Å². The van der Waals surface area contributed by atoms with Gasteiger partial charge in [0.1, 0.15) is 5.75 Å². The normalized spacial score (nSPS) is 11.2. The highest BCUT2D eigenvalue weighted by atomic mass is 16.5. The maximum atomic E-state index is 9.17. The maximum absolute atomic E-state index is 9.17. The summed E-state index contributed by atoms with van der Waals surface area (Å²) in [5, 5.41) is 10.3. The average Bonchev–Trinajstić information content (AvgIpc) is 2.94. The predicted molar refractivity (Wildman–Crippen MR) is 92.6 cm³/mol. The molecule has 1 aromatic carbocycles. The van der Waals surface area contributed by atoms with Crippen LogP contribution in [0.25, 0.3) is 10.9 Å². The summed E-state index contributed by atoms with van der Waals surface area (Å²) in [4.78, 5) is 3.25. The Labute approximate surface area is 133 Å². The summed E-state index contributed by atoms with van der Waals surface area (Å²) >= 11 is 0. The second-order valence-electron chi connectivity index (χ2n) is 5.94. The number of aliphatic hydroxyl groups is 1. The van der Waals surface area contributed by atoms with E-state index in [1.54, 1.807) is 0 Å². The number of aliphatic hydroxyl groups excluding tert-OH is 1. The molecule has 0 bridgehead atoms. The van der Waals surface area contributed by atoms with Crippen molar-refractivity contribution in [2.75, 3.05) is 13.2 Å². The first kappa shape index (κ1) is 16.9. The number of ether oxygens (including phenoxy) is 1. The Kier molecular flexibility index (Phi) is 7.31. The molecule has 0 unspecified atom stereocenters. The monoisotopic (exact) mass is 303 g/mol. The molecule has 1 aromatic heterocycles. The van der Waals surface area contributed by atoms with Crippen molar-refractivity contribution in [2.45, 2.75) is 58.3 Å². The van der Waals surface area contributed by atoms with E-state index in [0.29, 0.717) is 6.42 Å². The summed E-state index contributed by atoms with van der Waals surface area (Å²) in [6.07, 6.45) is 11.7. The largest absolute Gasteiger partial charge is 0.493 e. The number of rotatable bonds is 11. The third-order valence-corrected chi connectivity index (χ3v) is 4.14. The predicted octanol–water partition coefficient (Wildman–Crippen LogP) is 4.83. The van der Waals surface area contributed by atoms with E-state index in [-0.39, 0.29) is 6.61 Å². The summed E-state index contributed by atoms with van der Waals surface area (Å²) in [5.41, 5.74) is 2.22. The highest BCUT2D eigenvalue weighted by Crippen LogP contribution is 2.29. The van der Waals surface area contributed by atoms with E-state index in [0.717, 1.165) is 35.2 Å². The van der Waals surface area contributed by atoms with E-state index in [9.17, 15) is 0 Å². The lowest BCUT2D eigenvalue weighted by molar-refractivity contribution is 0.298. The zero-order valence-electron chi connectivity index (χ0n) is 13.7. The van der Waals surface area contributed by atoms with Gasteiger partial charge < -0.3 is 14.8 Å². The SMILES string of the molecule is CCCCCCCCCOc1cccc2[nH]cc(CCO)c12. The molecule has 0 saturated carbocycles. The fourth-order valence-corrected chi connectivity index (χ4v) is 2.90. The number of fused-ring (bicyclic) bond motifs is 1. The zero-order chi connectivity index (χ0) is 15.6. The van der Waals surface area contributed by atoms with Gasteiger partial charge in [-0.1, -0.05) is 51.5 Å². The second-order valence-corrected chi connectivity index (χ2v) is 5.94. The molecule has 2 aromatic rings. The van der Waals surface area contributed by atoms with Crippen LogP contribution in [0.15, 0.2) is 24.4 Å². The van der Waals surface area contributed by atoms with Gasteiger partial charge in [-0.25, -0.2) is 0 Å². The Hall–Kier alpha value is -1.48. The number of nitrogens with one attached hydrogen (secondary N) is 1. The van der Waals surface area contributed by atoms with Crippen LogP contribution in [-0.2, 0) is 6.42 Å². The molecule has 2 rings (SSSR count). The van der Waals surface area contributed by atoms with Crippen molar-refractivity contribution in [3.8, 4) is 5.75 Å². The summed E-state index contributed by atoms with van der Waals surface area (Å²) in [6, 6.07) is 6.09. The van der Waals surface area contributed by atoms with E-state index in [2.05, 4.69) is 18.0 Å². The molecule has 3 nitrogen and oxygen atoms in total. The minimum absolute atomic E-state index is 0.166. The molecule has 1 heterocycles. The number of hydrogen-bond donors (Lipinski definition) is 2. The number of hydrogen-bond acceptors (Lipinski definition) is 2. The van der Waals surface area contributed by atoms with Crippen LogP contribution in [0.1, 0.15) is 57.4 Å². The van der Waals surface area contributed by atoms with Gasteiger partial charge in [-0.2, -0.15) is 0 Å². The molecule has 0 aliphatic carbocycles. The van der Waals surface area contributed by atoms with Gasteiger partial charge in [0.05, 0.1) is 6.61 Å². The Balaban J connectivity index is 1.80. The fraction of sp³-hybridized carbons (Fsp3) is 0.579. The minimum atomic E-state index is 0.166. The topological polar surface area (TPSA) is 45.2 Å². The Morgan fingerprint density at radius 2 is 1.82 bits per heavy atom. The van der Waals surface area contributed by atoms with E-state index >= 15 is 0 Å². The van der Waals surface area contributed by atoms with Crippen molar-refractivity contribution < 1.29 is 9.84 Å². The molecular weight excluding hydrogens is 274 g/mol. The van der Waals surface area contributed by atoms with Crippen molar-refractivity contribution in [3.05, 3.63) is 30.0 Å². The fourth-order valence-electron chi connectivity index (χ4n) is 2.90. The first-order valence-corrected chi connectivity index (χ1v) is 8.69. The summed E-state index contributed by atoms with van der Waals surface area (Å²) in [6.45, 7) is 3.19. The maximum Gasteiger partial charge on any atom is 0.128 e. The summed E-state index contributed by atoms with van der Waals surface area (Å²) < 4.78 is 5.99. The van der Waals surface area contributed by atoms with Crippen molar-refractivity contribution in [1.82, 2.24) is 4.98 Å². The summed E-state index contributed by atoms with van der Waals surface area (Å²) in [5.74, 6) is 0.938. The van der Waals surface area contributed by atoms with Crippen LogP contribution in [0.3, 0.4) is 0 Å². The number of benzene rings is 1. The third-order valence-electron chi connectivity index (χ3n) is 4.14. The van der Waals surface area contributed by atoms with Crippen LogP contribution in [-0.4, -0.2) is 23.3 Å². The zero-order valence-corrected chi connectivity index (χ0v) is 13.7. The quantitative estimate of drug-likeness (QED) is 0.584. The smallest absolute Gasteiger partial charge is 0.128 e. The van der Waals surface area contributed by atoms with Gasteiger partial charge in [-0.15, -0.1) is 0 Å². The van der Waals surface area contributed by atoms with Crippen LogP contribution < -0.4 is 4.74 Å². The minimum Gasteiger partial charge on any atom is -0.493 e. The van der Waals surface area contributed by atoms with Gasteiger partial charge in [0.2, 0.25) is 0 Å².